The largest absolute Gasteiger partial charge is 0.313 e. The molecule has 2 saturated heterocycles. The number of rotatable bonds is 2. The van der Waals surface area contributed by atoms with Crippen LogP contribution < -0.4 is 5.32 Å². The van der Waals surface area contributed by atoms with E-state index in [0.717, 1.165) is 12.1 Å². The van der Waals surface area contributed by atoms with E-state index in [1.54, 1.807) is 0 Å². The van der Waals surface area contributed by atoms with Gasteiger partial charge in [0.1, 0.15) is 0 Å². The van der Waals surface area contributed by atoms with Crippen molar-refractivity contribution >= 4 is 11.8 Å². The van der Waals surface area contributed by atoms with E-state index in [-0.39, 0.29) is 0 Å². The van der Waals surface area contributed by atoms with Gasteiger partial charge in [0.05, 0.1) is 0 Å². The molecule has 0 saturated carbocycles. The molecular weight excluding hydrogens is 180 g/mol. The molecule has 1 N–H and O–H groups in total. The van der Waals surface area contributed by atoms with Gasteiger partial charge in [-0.2, -0.15) is 11.8 Å². The van der Waals surface area contributed by atoms with Crippen molar-refractivity contribution in [3.05, 3.63) is 0 Å². The van der Waals surface area contributed by atoms with Gasteiger partial charge in [-0.15, -0.1) is 0 Å². The maximum Gasteiger partial charge on any atom is 0.0195 e. The fourth-order valence-corrected chi connectivity index (χ4v) is 3.31. The van der Waals surface area contributed by atoms with Gasteiger partial charge in [-0.25, -0.2) is 0 Å². The van der Waals surface area contributed by atoms with E-state index in [1.807, 2.05) is 0 Å². The number of nitrogens with zero attached hydrogens (tertiary/aromatic N) is 1. The first kappa shape index (κ1) is 9.81. The summed E-state index contributed by atoms with van der Waals surface area (Å²) >= 11 is 2.10. The number of hydrogen-bond acceptors (Lipinski definition) is 3. The SMILES string of the molecule is CC1CSCCN1C[C@H]1CCCN1. The Morgan fingerprint density at radius 2 is 2.46 bits per heavy atom. The van der Waals surface area contributed by atoms with Gasteiger partial charge < -0.3 is 5.32 Å². The van der Waals surface area contributed by atoms with Gasteiger partial charge in [0.2, 0.25) is 0 Å². The summed E-state index contributed by atoms with van der Waals surface area (Å²) in [5.41, 5.74) is 0. The second kappa shape index (κ2) is 4.67. The summed E-state index contributed by atoms with van der Waals surface area (Å²) in [4.78, 5) is 2.65. The quantitative estimate of drug-likeness (QED) is 0.720. The summed E-state index contributed by atoms with van der Waals surface area (Å²) < 4.78 is 0. The summed E-state index contributed by atoms with van der Waals surface area (Å²) in [6.45, 7) is 6.18. The zero-order valence-electron chi connectivity index (χ0n) is 8.46. The van der Waals surface area contributed by atoms with Crippen LogP contribution in [0.4, 0.5) is 0 Å². The minimum atomic E-state index is 0.783. The zero-order chi connectivity index (χ0) is 9.10. The third kappa shape index (κ3) is 2.61. The first-order chi connectivity index (χ1) is 6.36. The molecule has 2 nitrogen and oxygen atoms in total. The standard InChI is InChI=1S/C10H20N2S/c1-9-8-13-6-5-12(9)7-10-3-2-4-11-10/h9-11H,2-8H2,1H3/t9?,10-/m1/s1. The Kier molecular flexibility index (Phi) is 3.52. The first-order valence-corrected chi connectivity index (χ1v) is 6.57. The highest BCUT2D eigenvalue weighted by molar-refractivity contribution is 7.99. The Hall–Kier alpha value is 0.270. The van der Waals surface area contributed by atoms with Crippen molar-refractivity contribution in [1.82, 2.24) is 10.2 Å². The zero-order valence-corrected chi connectivity index (χ0v) is 9.28. The summed E-state index contributed by atoms with van der Waals surface area (Å²) in [5, 5.41) is 3.58. The molecule has 0 bridgehead atoms. The van der Waals surface area contributed by atoms with Gasteiger partial charge in [-0.3, -0.25) is 4.90 Å². The van der Waals surface area contributed by atoms with Crippen LogP contribution in [-0.4, -0.2) is 48.1 Å². The average Bonchev–Trinajstić information content (AvgIpc) is 2.61. The maximum atomic E-state index is 3.58. The first-order valence-electron chi connectivity index (χ1n) is 5.41. The van der Waals surface area contributed by atoms with Crippen LogP contribution in [0.5, 0.6) is 0 Å². The molecule has 0 radical (unpaired) electrons. The van der Waals surface area contributed by atoms with Crippen LogP contribution in [0.2, 0.25) is 0 Å². The number of thioether (sulfide) groups is 1. The molecule has 13 heavy (non-hydrogen) atoms. The van der Waals surface area contributed by atoms with Crippen molar-refractivity contribution in [2.24, 2.45) is 0 Å². The highest BCUT2D eigenvalue weighted by Crippen LogP contribution is 2.17. The Balaban J connectivity index is 1.78. The van der Waals surface area contributed by atoms with E-state index < -0.39 is 0 Å². The molecule has 76 valence electrons. The Morgan fingerprint density at radius 3 is 3.15 bits per heavy atom. The molecule has 0 aromatic heterocycles. The molecule has 1 unspecified atom stereocenters. The lowest BCUT2D eigenvalue weighted by Gasteiger charge is -2.34. The second-order valence-corrected chi connectivity index (χ2v) is 5.36. The lowest BCUT2D eigenvalue weighted by Crippen LogP contribution is -2.46. The van der Waals surface area contributed by atoms with Gasteiger partial charge in [0.25, 0.3) is 0 Å². The van der Waals surface area contributed by atoms with Gasteiger partial charge in [-0.05, 0) is 26.3 Å². The van der Waals surface area contributed by atoms with Crippen molar-refractivity contribution in [3.63, 3.8) is 0 Å². The van der Waals surface area contributed by atoms with Crippen molar-refractivity contribution in [3.8, 4) is 0 Å². The molecular formula is C10H20N2S. The van der Waals surface area contributed by atoms with Crippen LogP contribution in [0, 0.1) is 0 Å². The molecule has 0 aromatic carbocycles. The average molecular weight is 200 g/mol. The van der Waals surface area contributed by atoms with E-state index in [0.29, 0.717) is 0 Å². The summed E-state index contributed by atoms with van der Waals surface area (Å²) in [5.74, 6) is 2.66. The lowest BCUT2D eigenvalue weighted by atomic mass is 10.2. The monoisotopic (exact) mass is 200 g/mol. The van der Waals surface area contributed by atoms with Crippen LogP contribution in [0.15, 0.2) is 0 Å². The summed E-state index contributed by atoms with van der Waals surface area (Å²) in [7, 11) is 0. The molecule has 2 atom stereocenters. The Labute approximate surface area is 85.4 Å². The highest BCUT2D eigenvalue weighted by Gasteiger charge is 2.23. The molecule has 2 aliphatic rings. The third-order valence-electron chi connectivity index (χ3n) is 3.12. The van der Waals surface area contributed by atoms with Gasteiger partial charge in [-0.1, -0.05) is 0 Å². The fraction of sp³-hybridized carbons (Fsp3) is 1.00. The van der Waals surface area contributed by atoms with Crippen molar-refractivity contribution < 1.29 is 0 Å². The van der Waals surface area contributed by atoms with E-state index in [9.17, 15) is 0 Å². The van der Waals surface area contributed by atoms with Crippen LogP contribution in [0.3, 0.4) is 0 Å². The summed E-state index contributed by atoms with van der Waals surface area (Å²) in [6, 6.07) is 1.58. The minimum Gasteiger partial charge on any atom is -0.313 e. The highest BCUT2D eigenvalue weighted by atomic mass is 32.2. The van der Waals surface area contributed by atoms with E-state index in [2.05, 4.69) is 28.9 Å². The second-order valence-electron chi connectivity index (χ2n) is 4.21. The Morgan fingerprint density at radius 1 is 1.54 bits per heavy atom. The van der Waals surface area contributed by atoms with Crippen LogP contribution >= 0.6 is 11.8 Å². The van der Waals surface area contributed by atoms with Crippen LogP contribution in [-0.2, 0) is 0 Å². The van der Waals surface area contributed by atoms with Crippen molar-refractivity contribution in [2.75, 3.05) is 31.1 Å². The van der Waals surface area contributed by atoms with Crippen LogP contribution in [0.1, 0.15) is 19.8 Å². The third-order valence-corrected chi connectivity index (χ3v) is 4.31. The predicted octanol–water partition coefficient (Wildman–Crippen LogP) is 1.18. The molecule has 0 aromatic rings. The molecule has 2 heterocycles. The molecule has 2 aliphatic heterocycles. The molecule has 3 heteroatoms. The van der Waals surface area contributed by atoms with E-state index in [4.69, 9.17) is 0 Å². The van der Waals surface area contributed by atoms with Gasteiger partial charge in [0.15, 0.2) is 0 Å². The van der Waals surface area contributed by atoms with Crippen molar-refractivity contribution in [1.29, 1.82) is 0 Å². The van der Waals surface area contributed by atoms with E-state index in [1.165, 1.54) is 44.0 Å². The number of nitrogens with one attached hydrogen (secondary N) is 1. The normalized spacial score (nSPS) is 36.7. The minimum absolute atomic E-state index is 0.783. The Bertz CT molecular complexity index is 157. The van der Waals surface area contributed by atoms with Gasteiger partial charge in [0, 0.05) is 36.7 Å². The number of hydrogen-bond donors (Lipinski definition) is 1. The maximum absolute atomic E-state index is 3.58. The topological polar surface area (TPSA) is 15.3 Å². The molecule has 0 amide bonds. The van der Waals surface area contributed by atoms with Crippen LogP contribution in [0.25, 0.3) is 0 Å². The van der Waals surface area contributed by atoms with Gasteiger partial charge >= 0.3 is 0 Å². The predicted molar refractivity (Wildman–Crippen MR) is 59.4 cm³/mol. The smallest absolute Gasteiger partial charge is 0.0195 e. The molecule has 2 fully saturated rings. The summed E-state index contributed by atoms with van der Waals surface area (Å²) in [6.07, 6.45) is 2.76. The molecule has 2 rings (SSSR count). The van der Waals surface area contributed by atoms with E-state index >= 15 is 0 Å². The molecule has 0 aliphatic carbocycles. The fourth-order valence-electron chi connectivity index (χ4n) is 2.23. The lowest BCUT2D eigenvalue weighted by molar-refractivity contribution is 0.212. The van der Waals surface area contributed by atoms with Crippen molar-refractivity contribution in [2.45, 2.75) is 31.8 Å². The molecule has 0 spiro atoms.